The smallest absolute Gasteiger partial charge is 0.329 e. The number of allylic oxidation sites excluding steroid dienone is 3. The van der Waals surface area contributed by atoms with Gasteiger partial charge in [0.05, 0.1) is 13.2 Å². The highest BCUT2D eigenvalue weighted by molar-refractivity contribution is 5.67. The van der Waals surface area contributed by atoms with Crippen molar-refractivity contribution in [2.24, 2.45) is 0 Å². The summed E-state index contributed by atoms with van der Waals surface area (Å²) in [4.78, 5) is 12.8. The van der Waals surface area contributed by atoms with Gasteiger partial charge >= 0.3 is 5.97 Å². The van der Waals surface area contributed by atoms with Crippen LogP contribution in [0.1, 0.15) is 31.2 Å². The van der Waals surface area contributed by atoms with Crippen LogP contribution in [-0.2, 0) is 20.7 Å². The van der Waals surface area contributed by atoms with Gasteiger partial charge in [-0.2, -0.15) is 0 Å². The number of nitrogens with zero attached hydrogens (tertiary/aromatic N) is 1. The molecule has 1 unspecified atom stereocenters. The zero-order valence-corrected chi connectivity index (χ0v) is 15.1. The highest BCUT2D eigenvalue weighted by atomic mass is 16.5. The standard InChI is InChI=1S/C21H27NO4/c23-21(24)16-25-14-12-17-8-10-18(11-9-17)22-13-4-7-20(15-22)26-19-5-2-1-3-6-19/h2,5-6,8-11,20H,1,3-4,7,12-16H2,(H,23,24). The first-order valence-corrected chi connectivity index (χ1v) is 9.37. The van der Waals surface area contributed by atoms with Crippen molar-refractivity contribution < 1.29 is 19.4 Å². The minimum atomic E-state index is -0.929. The fourth-order valence-electron chi connectivity index (χ4n) is 3.36. The molecule has 5 heteroatoms. The lowest BCUT2D eigenvalue weighted by Gasteiger charge is -2.35. The van der Waals surface area contributed by atoms with E-state index in [4.69, 9.17) is 14.6 Å². The molecule has 0 spiro atoms. The van der Waals surface area contributed by atoms with Gasteiger partial charge in [-0.3, -0.25) is 0 Å². The van der Waals surface area contributed by atoms with Crippen molar-refractivity contribution in [3.63, 3.8) is 0 Å². The van der Waals surface area contributed by atoms with Crippen LogP contribution in [-0.4, -0.2) is 43.5 Å². The van der Waals surface area contributed by atoms with E-state index in [9.17, 15) is 4.79 Å². The number of piperidine rings is 1. The number of carbonyl (C=O) groups is 1. The van der Waals surface area contributed by atoms with Crippen molar-refractivity contribution in [1.29, 1.82) is 0 Å². The summed E-state index contributed by atoms with van der Waals surface area (Å²) in [5.74, 6) is 0.0847. The summed E-state index contributed by atoms with van der Waals surface area (Å²) >= 11 is 0. The maximum Gasteiger partial charge on any atom is 0.329 e. The third kappa shape index (κ3) is 5.63. The zero-order chi connectivity index (χ0) is 18.2. The summed E-state index contributed by atoms with van der Waals surface area (Å²) in [5, 5.41) is 8.57. The minimum Gasteiger partial charge on any atom is -0.489 e. The molecule has 140 valence electrons. The van der Waals surface area contributed by atoms with Crippen molar-refractivity contribution >= 4 is 11.7 Å². The molecule has 3 rings (SSSR count). The Kier molecular flexibility index (Phi) is 6.72. The fourth-order valence-corrected chi connectivity index (χ4v) is 3.36. The molecule has 1 N–H and O–H groups in total. The molecule has 1 heterocycles. The van der Waals surface area contributed by atoms with E-state index in [1.165, 1.54) is 5.69 Å². The Morgan fingerprint density at radius 2 is 2.08 bits per heavy atom. The van der Waals surface area contributed by atoms with Crippen LogP contribution in [0, 0.1) is 0 Å². The number of ether oxygens (including phenoxy) is 2. The third-order valence-corrected chi connectivity index (χ3v) is 4.70. The number of benzene rings is 1. The van der Waals surface area contributed by atoms with Crippen molar-refractivity contribution in [3.8, 4) is 0 Å². The van der Waals surface area contributed by atoms with E-state index in [0.29, 0.717) is 6.61 Å². The first kappa shape index (κ1) is 18.5. The van der Waals surface area contributed by atoms with E-state index in [2.05, 4.69) is 47.4 Å². The summed E-state index contributed by atoms with van der Waals surface area (Å²) in [6.45, 7) is 2.15. The first-order chi connectivity index (χ1) is 12.7. The monoisotopic (exact) mass is 357 g/mol. The van der Waals surface area contributed by atoms with Gasteiger partial charge in [0.2, 0.25) is 0 Å². The maximum atomic E-state index is 10.4. The average molecular weight is 357 g/mol. The Hall–Kier alpha value is -2.27. The molecule has 0 bridgehead atoms. The quantitative estimate of drug-likeness (QED) is 0.721. The second-order valence-electron chi connectivity index (χ2n) is 6.78. The second kappa shape index (κ2) is 9.43. The number of carboxylic acids is 1. The van der Waals surface area contributed by atoms with Crippen LogP contribution < -0.4 is 4.90 Å². The van der Waals surface area contributed by atoms with E-state index >= 15 is 0 Å². The molecule has 1 fully saturated rings. The summed E-state index contributed by atoms with van der Waals surface area (Å²) in [5.41, 5.74) is 2.36. The molecule has 1 aromatic rings. The van der Waals surface area contributed by atoms with Crippen LogP contribution in [0.15, 0.2) is 48.3 Å². The summed E-state index contributed by atoms with van der Waals surface area (Å²) in [6.07, 6.45) is 11.8. The molecule has 1 aliphatic heterocycles. The lowest BCUT2D eigenvalue weighted by Crippen LogP contribution is -2.39. The van der Waals surface area contributed by atoms with Crippen molar-refractivity contribution in [2.45, 2.75) is 38.2 Å². The van der Waals surface area contributed by atoms with E-state index in [-0.39, 0.29) is 12.7 Å². The molecule has 26 heavy (non-hydrogen) atoms. The number of anilines is 1. The van der Waals surface area contributed by atoms with Gasteiger partial charge < -0.3 is 19.5 Å². The van der Waals surface area contributed by atoms with E-state index in [1.54, 1.807) is 0 Å². The Morgan fingerprint density at radius 3 is 2.81 bits per heavy atom. The molecular weight excluding hydrogens is 330 g/mol. The topological polar surface area (TPSA) is 59.0 Å². The first-order valence-electron chi connectivity index (χ1n) is 9.37. The highest BCUT2D eigenvalue weighted by Gasteiger charge is 2.22. The minimum absolute atomic E-state index is 0.237. The van der Waals surface area contributed by atoms with Crippen molar-refractivity contribution in [1.82, 2.24) is 0 Å². The second-order valence-corrected chi connectivity index (χ2v) is 6.78. The van der Waals surface area contributed by atoms with Crippen LogP contribution in [0.3, 0.4) is 0 Å². The van der Waals surface area contributed by atoms with Crippen LogP contribution in [0.5, 0.6) is 0 Å². The van der Waals surface area contributed by atoms with Gasteiger partial charge in [0.25, 0.3) is 0 Å². The van der Waals surface area contributed by atoms with Crippen LogP contribution in [0.2, 0.25) is 0 Å². The Morgan fingerprint density at radius 1 is 1.23 bits per heavy atom. The van der Waals surface area contributed by atoms with Crippen LogP contribution in [0.25, 0.3) is 0 Å². The van der Waals surface area contributed by atoms with Gasteiger partial charge in [-0.1, -0.05) is 18.2 Å². The lowest BCUT2D eigenvalue weighted by atomic mass is 10.1. The third-order valence-electron chi connectivity index (χ3n) is 4.70. The highest BCUT2D eigenvalue weighted by Crippen LogP contribution is 2.24. The lowest BCUT2D eigenvalue weighted by molar-refractivity contribution is -0.142. The fraction of sp³-hybridized carbons (Fsp3) is 0.476. The molecule has 0 radical (unpaired) electrons. The predicted octanol–water partition coefficient (Wildman–Crippen LogP) is 3.55. The molecule has 1 saturated heterocycles. The zero-order valence-electron chi connectivity index (χ0n) is 15.1. The number of aliphatic carboxylic acids is 1. The number of rotatable bonds is 8. The molecule has 0 amide bonds. The molecule has 1 aliphatic carbocycles. The summed E-state index contributed by atoms with van der Waals surface area (Å²) in [7, 11) is 0. The van der Waals surface area contributed by atoms with Gasteiger partial charge in [0.15, 0.2) is 0 Å². The maximum absolute atomic E-state index is 10.4. The molecule has 1 aromatic carbocycles. The van der Waals surface area contributed by atoms with Gasteiger partial charge in [-0.05, 0) is 62.0 Å². The molecule has 5 nitrogen and oxygen atoms in total. The normalized spacial score (nSPS) is 19.9. The Balaban J connectivity index is 1.49. The molecular formula is C21H27NO4. The average Bonchev–Trinajstić information content (AvgIpc) is 2.67. The predicted molar refractivity (Wildman–Crippen MR) is 101 cm³/mol. The Labute approximate surface area is 154 Å². The number of hydrogen-bond donors (Lipinski definition) is 1. The number of hydrogen-bond acceptors (Lipinski definition) is 4. The van der Waals surface area contributed by atoms with Crippen molar-refractivity contribution in [3.05, 3.63) is 53.8 Å². The van der Waals surface area contributed by atoms with Gasteiger partial charge in [-0.15, -0.1) is 0 Å². The van der Waals surface area contributed by atoms with Gasteiger partial charge in [0, 0.05) is 12.2 Å². The molecule has 1 atom stereocenters. The van der Waals surface area contributed by atoms with Crippen molar-refractivity contribution in [2.75, 3.05) is 31.2 Å². The molecule has 0 aromatic heterocycles. The molecule has 0 saturated carbocycles. The van der Waals surface area contributed by atoms with E-state index in [1.807, 2.05) is 0 Å². The largest absolute Gasteiger partial charge is 0.489 e. The summed E-state index contributed by atoms with van der Waals surface area (Å²) < 4.78 is 11.3. The summed E-state index contributed by atoms with van der Waals surface area (Å²) in [6, 6.07) is 8.45. The van der Waals surface area contributed by atoms with E-state index in [0.717, 1.165) is 56.5 Å². The molecule has 2 aliphatic rings. The Bertz CT molecular complexity index is 650. The van der Waals surface area contributed by atoms with E-state index < -0.39 is 5.97 Å². The van der Waals surface area contributed by atoms with Crippen LogP contribution >= 0.6 is 0 Å². The van der Waals surface area contributed by atoms with Crippen LogP contribution in [0.4, 0.5) is 5.69 Å². The SMILES string of the molecule is O=C(O)COCCc1ccc(N2CCCC(OC3=CCCC=C3)C2)cc1. The number of carboxylic acid groups (broad SMARTS) is 1. The van der Waals surface area contributed by atoms with Gasteiger partial charge in [-0.25, -0.2) is 4.79 Å². The van der Waals surface area contributed by atoms with Gasteiger partial charge in [0.1, 0.15) is 18.5 Å².